The quantitative estimate of drug-likeness (QED) is 0.336. The van der Waals surface area contributed by atoms with Gasteiger partial charge in [0.05, 0.1) is 0 Å². The fourth-order valence-corrected chi connectivity index (χ4v) is 3.21. The van der Waals surface area contributed by atoms with Gasteiger partial charge in [0.15, 0.2) is 0 Å². The van der Waals surface area contributed by atoms with Gasteiger partial charge in [0, 0.05) is 0 Å². The normalized spacial score (nSPS) is 18.4. The average Bonchev–Trinajstić information content (AvgIpc) is 1.90. The molecular formula is C5H11AlLiNO. The Morgan fingerprint density at radius 3 is 2.11 bits per heavy atom. The van der Waals surface area contributed by atoms with E-state index in [0.717, 1.165) is 0 Å². The predicted octanol–water partition coefficient (Wildman–Crippen LogP) is -0.955. The number of rotatable bonds is 1. The molecule has 0 aliphatic carbocycles. The summed E-state index contributed by atoms with van der Waals surface area (Å²) in [6.07, 6.45) is 3.87. The van der Waals surface area contributed by atoms with E-state index in [1.54, 1.807) is 0 Å². The third-order valence-corrected chi connectivity index (χ3v) is 4.17. The predicted molar refractivity (Wildman–Crippen MR) is 36.1 cm³/mol. The zero-order valence-electron chi connectivity index (χ0n) is 6.97. The SMILES string of the molecule is O=[N][Al]1[CH2]CCC[CH2]1.[H-].[Li+]. The summed E-state index contributed by atoms with van der Waals surface area (Å²) in [6, 6.07) is 0. The topological polar surface area (TPSA) is 29.4 Å². The second-order valence-electron chi connectivity index (χ2n) is 2.40. The fourth-order valence-electron chi connectivity index (χ4n) is 1.19. The molecule has 0 bridgehead atoms. The van der Waals surface area contributed by atoms with Gasteiger partial charge in [-0.1, -0.05) is 29.8 Å². The van der Waals surface area contributed by atoms with Gasteiger partial charge < -0.3 is 1.43 Å². The van der Waals surface area contributed by atoms with Gasteiger partial charge in [-0.3, -0.25) is 0 Å². The second kappa shape index (κ2) is 5.51. The van der Waals surface area contributed by atoms with E-state index < -0.39 is 14.4 Å². The Hall–Kier alpha value is 0.730. The maximum absolute atomic E-state index is 9.97. The smallest absolute Gasteiger partial charge is 1.00 e. The van der Waals surface area contributed by atoms with E-state index in [1.807, 2.05) is 0 Å². The van der Waals surface area contributed by atoms with Gasteiger partial charge in [-0.15, -0.1) is 0 Å². The molecule has 0 radical (unpaired) electrons. The molecule has 0 N–H and O–H groups in total. The Morgan fingerprint density at radius 1 is 1.22 bits per heavy atom. The van der Waals surface area contributed by atoms with E-state index in [4.69, 9.17) is 0 Å². The van der Waals surface area contributed by atoms with Crippen molar-refractivity contribution in [1.29, 1.82) is 0 Å². The van der Waals surface area contributed by atoms with Crippen LogP contribution in [0.3, 0.4) is 0 Å². The molecule has 0 saturated carbocycles. The summed E-state index contributed by atoms with van der Waals surface area (Å²) in [6.45, 7) is 0. The molecule has 0 amide bonds. The number of hydrogen-bond donors (Lipinski definition) is 0. The molecule has 0 unspecified atom stereocenters. The van der Waals surface area contributed by atoms with Crippen LogP contribution in [0, 0.1) is 4.91 Å². The van der Waals surface area contributed by atoms with Crippen molar-refractivity contribution in [2.24, 2.45) is 4.16 Å². The van der Waals surface area contributed by atoms with Crippen LogP contribution in [0.5, 0.6) is 0 Å². The molecule has 0 aromatic carbocycles. The van der Waals surface area contributed by atoms with E-state index >= 15 is 0 Å². The minimum atomic E-state index is -1.04. The van der Waals surface area contributed by atoms with Crippen molar-refractivity contribution < 1.29 is 20.3 Å². The molecule has 9 heavy (non-hydrogen) atoms. The van der Waals surface area contributed by atoms with Crippen molar-refractivity contribution in [3.63, 3.8) is 0 Å². The van der Waals surface area contributed by atoms with Crippen LogP contribution in [-0.2, 0) is 0 Å². The van der Waals surface area contributed by atoms with Crippen LogP contribution >= 0.6 is 0 Å². The minimum Gasteiger partial charge on any atom is -1.00 e. The summed E-state index contributed by atoms with van der Waals surface area (Å²) in [5.41, 5.74) is 0. The molecule has 0 aromatic rings. The molecule has 1 aliphatic heterocycles. The van der Waals surface area contributed by atoms with Crippen molar-refractivity contribution in [1.82, 2.24) is 0 Å². The van der Waals surface area contributed by atoms with E-state index in [9.17, 15) is 4.91 Å². The largest absolute Gasteiger partial charge is 1.00 e. The molecule has 0 spiro atoms. The molecule has 1 saturated heterocycles. The standard InChI is InChI=1S/C5H10.Al.Li.NO.H/c1-3-5-4-2;;;1-2;/h1-5H2;;;;/q;2*+1;2*-1. The van der Waals surface area contributed by atoms with Crippen molar-refractivity contribution in [2.75, 3.05) is 0 Å². The monoisotopic (exact) mass is 135 g/mol. The van der Waals surface area contributed by atoms with Crippen molar-refractivity contribution in [3.8, 4) is 0 Å². The fraction of sp³-hybridized carbons (Fsp3) is 1.00. The third-order valence-electron chi connectivity index (χ3n) is 1.72. The van der Waals surface area contributed by atoms with Gasteiger partial charge in [0.25, 0.3) is 0 Å². The van der Waals surface area contributed by atoms with Crippen LogP contribution < -0.4 is 18.9 Å². The van der Waals surface area contributed by atoms with Crippen LogP contribution in [0.25, 0.3) is 0 Å². The minimum absolute atomic E-state index is 0. The Kier molecular flexibility index (Phi) is 5.96. The molecule has 4 heteroatoms. The maximum Gasteiger partial charge on any atom is 1.00 e. The Labute approximate surface area is 73.6 Å². The molecule has 0 aromatic heterocycles. The second-order valence-corrected chi connectivity index (χ2v) is 5.07. The van der Waals surface area contributed by atoms with Crippen molar-refractivity contribution >= 4 is 14.4 Å². The molecule has 1 heterocycles. The van der Waals surface area contributed by atoms with Gasteiger partial charge in [-0.2, -0.15) is 4.91 Å². The summed E-state index contributed by atoms with van der Waals surface area (Å²) >= 11 is -1.04. The zero-order chi connectivity index (χ0) is 5.82. The first kappa shape index (κ1) is 9.73. The summed E-state index contributed by atoms with van der Waals surface area (Å²) in [4.78, 5) is 9.97. The maximum atomic E-state index is 9.97. The summed E-state index contributed by atoms with van der Waals surface area (Å²) < 4.78 is 3.14. The van der Waals surface area contributed by atoms with Gasteiger partial charge in [0.2, 0.25) is 0 Å². The van der Waals surface area contributed by atoms with E-state index in [2.05, 4.69) is 4.16 Å². The van der Waals surface area contributed by atoms with E-state index in [0.29, 0.717) is 0 Å². The van der Waals surface area contributed by atoms with Crippen LogP contribution in [-0.4, -0.2) is 14.4 Å². The summed E-state index contributed by atoms with van der Waals surface area (Å²) in [5.74, 6) is 0. The van der Waals surface area contributed by atoms with Gasteiger partial charge in [-0.05, 0) is 0 Å². The molecule has 2 nitrogen and oxygen atoms in total. The molecular weight excluding hydrogens is 124 g/mol. The van der Waals surface area contributed by atoms with Crippen molar-refractivity contribution in [3.05, 3.63) is 4.91 Å². The first-order valence-corrected chi connectivity index (χ1v) is 5.41. The van der Waals surface area contributed by atoms with Crippen LogP contribution in [0.4, 0.5) is 0 Å². The molecule has 0 atom stereocenters. The van der Waals surface area contributed by atoms with Gasteiger partial charge in [0.1, 0.15) is 0 Å². The van der Waals surface area contributed by atoms with Gasteiger partial charge >= 0.3 is 33.2 Å². The van der Waals surface area contributed by atoms with E-state index in [1.165, 1.54) is 29.8 Å². The Morgan fingerprint density at radius 2 is 1.78 bits per heavy atom. The first-order chi connectivity index (χ1) is 3.93. The van der Waals surface area contributed by atoms with Crippen LogP contribution in [0.15, 0.2) is 4.16 Å². The number of nitrogens with zero attached hydrogens (tertiary/aromatic N) is 1. The molecule has 1 aliphatic rings. The molecule has 1 rings (SSSR count). The molecule has 46 valence electrons. The third kappa shape index (κ3) is 3.43. The summed E-state index contributed by atoms with van der Waals surface area (Å²) in [5, 5.41) is 2.34. The summed E-state index contributed by atoms with van der Waals surface area (Å²) in [7, 11) is 0. The van der Waals surface area contributed by atoms with Crippen LogP contribution in [0.1, 0.15) is 20.7 Å². The first-order valence-electron chi connectivity index (χ1n) is 3.26. The average molecular weight is 135 g/mol. The Bertz CT molecular complexity index is 89.7. The molecule has 1 fully saturated rings. The number of nitroso groups, excluding NO2 is 1. The van der Waals surface area contributed by atoms with Gasteiger partial charge in [-0.25, -0.2) is 4.16 Å². The van der Waals surface area contributed by atoms with Crippen LogP contribution in [0.2, 0.25) is 10.6 Å². The Balaban J connectivity index is 0. The van der Waals surface area contributed by atoms with E-state index in [-0.39, 0.29) is 20.3 Å². The number of hydrogen-bond acceptors (Lipinski definition) is 2. The van der Waals surface area contributed by atoms with Crippen molar-refractivity contribution in [2.45, 2.75) is 29.8 Å². The zero-order valence-corrected chi connectivity index (χ0v) is 7.12.